The van der Waals surface area contributed by atoms with E-state index < -0.39 is 0 Å². The standard InChI is InChI=1S/C12H16O3S/c1-8(13)16-5-4-15-12(14)11-7-9-2-3-10(11)6-9/h2-3,9-11H,4-7H2,1H3. The van der Waals surface area contributed by atoms with E-state index in [0.717, 1.165) is 12.8 Å². The minimum absolute atomic E-state index is 0.0670. The van der Waals surface area contributed by atoms with Crippen molar-refractivity contribution >= 4 is 22.8 Å². The molecule has 3 atom stereocenters. The molecule has 2 bridgehead atoms. The predicted molar refractivity (Wildman–Crippen MR) is 62.9 cm³/mol. The largest absolute Gasteiger partial charge is 0.465 e. The van der Waals surface area contributed by atoms with Crippen LogP contribution in [0.4, 0.5) is 0 Å². The van der Waals surface area contributed by atoms with Crippen LogP contribution >= 0.6 is 11.8 Å². The number of thioether (sulfide) groups is 1. The Hall–Kier alpha value is -0.770. The Morgan fingerprint density at radius 3 is 2.75 bits per heavy atom. The van der Waals surface area contributed by atoms with Crippen molar-refractivity contribution in [1.82, 2.24) is 0 Å². The Kier molecular flexibility index (Phi) is 3.69. The maximum atomic E-state index is 11.7. The van der Waals surface area contributed by atoms with Gasteiger partial charge < -0.3 is 4.74 Å². The number of esters is 1. The maximum absolute atomic E-state index is 11.7. The number of allylic oxidation sites excluding steroid dienone is 2. The van der Waals surface area contributed by atoms with Crippen molar-refractivity contribution in [2.75, 3.05) is 12.4 Å². The third-order valence-corrected chi connectivity index (χ3v) is 3.99. The number of rotatable bonds is 4. The molecule has 0 aromatic rings. The highest BCUT2D eigenvalue weighted by Crippen LogP contribution is 2.43. The van der Waals surface area contributed by atoms with E-state index in [-0.39, 0.29) is 17.0 Å². The van der Waals surface area contributed by atoms with Crippen LogP contribution in [-0.2, 0) is 14.3 Å². The van der Waals surface area contributed by atoms with E-state index in [2.05, 4.69) is 12.2 Å². The first-order chi connectivity index (χ1) is 7.66. The lowest BCUT2D eigenvalue weighted by atomic mass is 9.94. The van der Waals surface area contributed by atoms with E-state index in [4.69, 9.17) is 4.74 Å². The molecule has 0 heterocycles. The summed E-state index contributed by atoms with van der Waals surface area (Å²) in [6.45, 7) is 1.87. The molecule has 16 heavy (non-hydrogen) atoms. The second-order valence-corrected chi connectivity index (χ2v) is 5.67. The van der Waals surface area contributed by atoms with Crippen LogP contribution in [0.3, 0.4) is 0 Å². The van der Waals surface area contributed by atoms with Gasteiger partial charge in [0, 0.05) is 12.7 Å². The zero-order valence-electron chi connectivity index (χ0n) is 9.35. The van der Waals surface area contributed by atoms with Gasteiger partial charge in [0.1, 0.15) is 6.61 Å². The van der Waals surface area contributed by atoms with E-state index in [1.807, 2.05) is 0 Å². The second kappa shape index (κ2) is 5.04. The van der Waals surface area contributed by atoms with Crippen LogP contribution in [0.5, 0.6) is 0 Å². The highest BCUT2D eigenvalue weighted by Gasteiger charge is 2.40. The SMILES string of the molecule is CC(=O)SCCOC(=O)C1CC2C=CC1C2. The van der Waals surface area contributed by atoms with Gasteiger partial charge in [0.25, 0.3) is 0 Å². The van der Waals surface area contributed by atoms with Crippen molar-refractivity contribution in [2.45, 2.75) is 19.8 Å². The summed E-state index contributed by atoms with van der Waals surface area (Å²) in [5, 5.41) is 0.0684. The quantitative estimate of drug-likeness (QED) is 0.428. The van der Waals surface area contributed by atoms with Gasteiger partial charge >= 0.3 is 5.97 Å². The maximum Gasteiger partial charge on any atom is 0.309 e. The van der Waals surface area contributed by atoms with E-state index in [1.165, 1.54) is 18.7 Å². The second-order valence-electron chi connectivity index (χ2n) is 4.39. The van der Waals surface area contributed by atoms with Gasteiger partial charge in [-0.25, -0.2) is 0 Å². The molecule has 3 unspecified atom stereocenters. The molecule has 0 amide bonds. The first-order valence-corrected chi connectivity index (χ1v) is 6.63. The lowest BCUT2D eigenvalue weighted by Crippen LogP contribution is -2.22. The van der Waals surface area contributed by atoms with Crippen LogP contribution in [0.15, 0.2) is 12.2 Å². The third-order valence-electron chi connectivity index (χ3n) is 3.21. The highest BCUT2D eigenvalue weighted by atomic mass is 32.2. The number of carbonyl (C=O) groups excluding carboxylic acids is 2. The third kappa shape index (κ3) is 2.67. The van der Waals surface area contributed by atoms with Crippen LogP contribution < -0.4 is 0 Å². The summed E-state index contributed by atoms with van der Waals surface area (Å²) in [6.07, 6.45) is 6.41. The van der Waals surface area contributed by atoms with Crippen LogP contribution in [0.2, 0.25) is 0 Å². The smallest absolute Gasteiger partial charge is 0.309 e. The molecule has 4 heteroatoms. The molecule has 3 nitrogen and oxygen atoms in total. The van der Waals surface area contributed by atoms with Crippen molar-refractivity contribution in [2.24, 2.45) is 17.8 Å². The molecule has 2 aliphatic carbocycles. The molecule has 0 saturated heterocycles. The van der Waals surface area contributed by atoms with Gasteiger partial charge in [-0.1, -0.05) is 23.9 Å². The topological polar surface area (TPSA) is 43.4 Å². The zero-order valence-corrected chi connectivity index (χ0v) is 10.2. The summed E-state index contributed by atoms with van der Waals surface area (Å²) in [6, 6.07) is 0. The first-order valence-electron chi connectivity index (χ1n) is 5.65. The number of fused-ring (bicyclic) bond motifs is 2. The van der Waals surface area contributed by atoms with Crippen molar-refractivity contribution in [3.63, 3.8) is 0 Å². The average Bonchev–Trinajstić information content (AvgIpc) is 2.85. The minimum Gasteiger partial charge on any atom is -0.465 e. The van der Waals surface area contributed by atoms with Crippen molar-refractivity contribution in [1.29, 1.82) is 0 Å². The van der Waals surface area contributed by atoms with Gasteiger partial charge in [-0.2, -0.15) is 0 Å². The summed E-state index contributed by atoms with van der Waals surface area (Å²) in [5.41, 5.74) is 0. The molecule has 0 aromatic carbocycles. The molecule has 0 aliphatic heterocycles. The van der Waals surface area contributed by atoms with Crippen LogP contribution in [0.1, 0.15) is 19.8 Å². The number of ether oxygens (including phenoxy) is 1. The normalized spacial score (nSPS) is 30.7. The van der Waals surface area contributed by atoms with E-state index in [0.29, 0.717) is 24.2 Å². The summed E-state index contributed by atoms with van der Waals surface area (Å²) in [7, 11) is 0. The molecule has 1 saturated carbocycles. The molecular weight excluding hydrogens is 224 g/mol. The summed E-state index contributed by atoms with van der Waals surface area (Å²) in [5.74, 6) is 1.54. The van der Waals surface area contributed by atoms with Gasteiger partial charge in [-0.3, -0.25) is 9.59 Å². The van der Waals surface area contributed by atoms with Crippen molar-refractivity contribution in [3.8, 4) is 0 Å². The molecule has 0 radical (unpaired) electrons. The fourth-order valence-corrected chi connectivity index (χ4v) is 2.94. The fourth-order valence-electron chi connectivity index (χ4n) is 2.49. The van der Waals surface area contributed by atoms with Gasteiger partial charge in [0.15, 0.2) is 5.12 Å². The van der Waals surface area contributed by atoms with Gasteiger partial charge in [0.2, 0.25) is 0 Å². The van der Waals surface area contributed by atoms with Crippen molar-refractivity contribution in [3.05, 3.63) is 12.2 Å². The molecule has 0 spiro atoms. The van der Waals surface area contributed by atoms with Gasteiger partial charge in [-0.15, -0.1) is 0 Å². The van der Waals surface area contributed by atoms with E-state index in [1.54, 1.807) is 0 Å². The lowest BCUT2D eigenvalue weighted by molar-refractivity contribution is -0.148. The van der Waals surface area contributed by atoms with Gasteiger partial charge in [0.05, 0.1) is 5.92 Å². The monoisotopic (exact) mass is 240 g/mol. The van der Waals surface area contributed by atoms with Crippen LogP contribution in [-0.4, -0.2) is 23.4 Å². The molecule has 0 aromatic heterocycles. The summed E-state index contributed by atoms with van der Waals surface area (Å²) < 4.78 is 5.18. The summed E-state index contributed by atoms with van der Waals surface area (Å²) in [4.78, 5) is 22.4. The molecule has 88 valence electrons. The predicted octanol–water partition coefficient (Wildman–Crippen LogP) is 2.02. The Morgan fingerprint density at radius 2 is 2.19 bits per heavy atom. The molecule has 2 aliphatic rings. The minimum atomic E-state index is -0.0824. The zero-order chi connectivity index (χ0) is 11.5. The average molecular weight is 240 g/mol. The number of hydrogen-bond acceptors (Lipinski definition) is 4. The fraction of sp³-hybridized carbons (Fsp3) is 0.667. The van der Waals surface area contributed by atoms with Crippen LogP contribution in [0.25, 0.3) is 0 Å². The first kappa shape index (κ1) is 11.7. The molecule has 0 N–H and O–H groups in total. The lowest BCUT2D eigenvalue weighted by Gasteiger charge is -2.16. The van der Waals surface area contributed by atoms with Gasteiger partial charge in [-0.05, 0) is 24.7 Å². The van der Waals surface area contributed by atoms with E-state index >= 15 is 0 Å². The van der Waals surface area contributed by atoms with Crippen LogP contribution in [0, 0.1) is 17.8 Å². The summed E-state index contributed by atoms with van der Waals surface area (Å²) >= 11 is 1.20. The number of hydrogen-bond donors (Lipinski definition) is 0. The Morgan fingerprint density at radius 1 is 1.38 bits per heavy atom. The molecular formula is C12H16O3S. The molecule has 1 fully saturated rings. The number of carbonyl (C=O) groups is 2. The Bertz CT molecular complexity index is 324. The Balaban J connectivity index is 1.69. The van der Waals surface area contributed by atoms with Crippen molar-refractivity contribution < 1.29 is 14.3 Å². The highest BCUT2D eigenvalue weighted by molar-refractivity contribution is 8.13. The Labute approximate surface area is 99.6 Å². The molecule has 2 rings (SSSR count). The van der Waals surface area contributed by atoms with E-state index in [9.17, 15) is 9.59 Å².